The molecular weight excluding hydrogens is 487 g/mol. The Labute approximate surface area is 212 Å². The summed E-state index contributed by atoms with van der Waals surface area (Å²) < 4.78 is 47.6. The highest BCUT2D eigenvalue weighted by Gasteiger charge is 2.41. The number of rotatable bonds is 9. The maximum atomic E-state index is 14.4. The van der Waals surface area contributed by atoms with Crippen molar-refractivity contribution in [3.05, 3.63) is 54.3 Å². The van der Waals surface area contributed by atoms with Gasteiger partial charge in [-0.05, 0) is 69.6 Å². The maximum absolute atomic E-state index is 14.4. The van der Waals surface area contributed by atoms with Gasteiger partial charge in [0.25, 0.3) is 0 Å². The van der Waals surface area contributed by atoms with E-state index in [1.165, 1.54) is 16.4 Å². The number of nitrogens with one attached hydrogen (secondary N) is 2. The summed E-state index contributed by atoms with van der Waals surface area (Å²) >= 11 is 0. The highest BCUT2D eigenvalue weighted by atomic mass is 32.2. The number of carbonyl (C=O) groups is 1. The van der Waals surface area contributed by atoms with E-state index in [1.807, 2.05) is 6.92 Å². The van der Waals surface area contributed by atoms with Crippen LogP contribution in [0.4, 0.5) is 26.2 Å². The zero-order valence-corrected chi connectivity index (χ0v) is 21.3. The first-order chi connectivity index (χ1) is 17.4. The Hall–Kier alpha value is -2.89. The van der Waals surface area contributed by atoms with Crippen LogP contribution >= 0.6 is 0 Å². The Morgan fingerprint density at radius 2 is 1.72 bits per heavy atom. The molecule has 0 saturated carbocycles. The molecule has 2 aromatic rings. The van der Waals surface area contributed by atoms with E-state index in [0.717, 1.165) is 49.6 Å². The van der Waals surface area contributed by atoms with Gasteiger partial charge in [0.2, 0.25) is 0 Å². The second kappa shape index (κ2) is 13.4. The minimum absolute atomic E-state index is 0.0466. The Bertz CT molecular complexity index is 1100. The zero-order valence-electron chi connectivity index (χ0n) is 20.5. The highest BCUT2D eigenvalue weighted by molar-refractivity contribution is 7.95. The van der Waals surface area contributed by atoms with Gasteiger partial charge in [-0.1, -0.05) is 37.6 Å². The maximum Gasteiger partial charge on any atom is 0.505 e. The predicted molar refractivity (Wildman–Crippen MR) is 139 cm³/mol. The molecule has 0 radical (unpaired) electrons. The number of halogens is 1. The highest BCUT2D eigenvalue weighted by Crippen LogP contribution is 2.45. The van der Waals surface area contributed by atoms with E-state index in [-0.39, 0.29) is 5.69 Å². The van der Waals surface area contributed by atoms with Crippen LogP contribution in [0.2, 0.25) is 0 Å². The first-order valence-electron chi connectivity index (χ1n) is 12.3. The third-order valence-electron chi connectivity index (χ3n) is 5.98. The van der Waals surface area contributed by atoms with E-state index in [4.69, 9.17) is 5.11 Å². The summed E-state index contributed by atoms with van der Waals surface area (Å²) in [5.41, 5.74) is 1.12. The van der Waals surface area contributed by atoms with Gasteiger partial charge in [0.05, 0.1) is 23.7 Å². The monoisotopic (exact) mass is 522 g/mol. The van der Waals surface area contributed by atoms with Crippen LogP contribution in [0.5, 0.6) is 0 Å². The number of hydrogen-bond donors (Lipinski definition) is 3. The molecule has 0 spiro atoms. The molecule has 36 heavy (non-hydrogen) atoms. The average molecular weight is 523 g/mol. The molecule has 0 unspecified atom stereocenters. The van der Waals surface area contributed by atoms with Gasteiger partial charge in [0, 0.05) is 12.6 Å². The number of ether oxygens (including phenoxy) is 1. The summed E-state index contributed by atoms with van der Waals surface area (Å²) in [6.45, 7) is 5.43. The van der Waals surface area contributed by atoms with E-state index in [1.54, 1.807) is 36.4 Å². The zero-order chi connectivity index (χ0) is 26.0. The standard InChI is InChI=1S/C20H25FN4O2S.C5H10O3/c21-17-6-1-2-7-18(17)25-20-9-4-3-8-19(20)24(28(25,26)27)15-5-12-23-16-10-13-22-14-11-16;1-2-3-4-8-5(6)7/h1-4,6-9,16,22-23H,5,10-15H2;2-4H2,1H3,(H,6,7). The van der Waals surface area contributed by atoms with Crippen LogP contribution in [0, 0.1) is 5.82 Å². The third-order valence-corrected chi connectivity index (χ3v) is 7.77. The average Bonchev–Trinajstić information content (AvgIpc) is 3.09. The van der Waals surface area contributed by atoms with Gasteiger partial charge in [-0.25, -0.2) is 13.5 Å². The molecule has 0 atom stereocenters. The van der Waals surface area contributed by atoms with E-state index in [9.17, 15) is 17.6 Å². The summed E-state index contributed by atoms with van der Waals surface area (Å²) in [5.74, 6) is -0.560. The van der Waals surface area contributed by atoms with Crippen molar-refractivity contribution in [1.29, 1.82) is 0 Å². The molecule has 2 heterocycles. The summed E-state index contributed by atoms with van der Waals surface area (Å²) in [4.78, 5) is 9.65. The number of nitrogens with zero attached hydrogens (tertiary/aromatic N) is 2. The number of hydrogen-bond acceptors (Lipinski definition) is 6. The van der Waals surface area contributed by atoms with Crippen molar-refractivity contribution in [1.82, 2.24) is 10.6 Å². The van der Waals surface area contributed by atoms with Crippen LogP contribution in [0.3, 0.4) is 0 Å². The summed E-state index contributed by atoms with van der Waals surface area (Å²) in [6, 6.07) is 13.5. The molecule has 2 aromatic carbocycles. The molecule has 1 fully saturated rings. The lowest BCUT2D eigenvalue weighted by molar-refractivity contribution is 0.0905. The minimum atomic E-state index is -3.88. The molecule has 9 nitrogen and oxygen atoms in total. The quantitative estimate of drug-likeness (QED) is 0.334. The van der Waals surface area contributed by atoms with E-state index >= 15 is 0 Å². The van der Waals surface area contributed by atoms with Gasteiger partial charge in [-0.3, -0.25) is 4.31 Å². The normalized spacial score (nSPS) is 16.7. The van der Waals surface area contributed by atoms with Crippen molar-refractivity contribution in [3.8, 4) is 0 Å². The number of carboxylic acid groups (broad SMARTS) is 1. The smallest absolute Gasteiger partial charge is 0.450 e. The summed E-state index contributed by atoms with van der Waals surface area (Å²) in [6.07, 6.45) is 3.46. The van der Waals surface area contributed by atoms with Crippen molar-refractivity contribution in [2.24, 2.45) is 0 Å². The molecule has 3 N–H and O–H groups in total. The number of benzene rings is 2. The SMILES string of the molecule is CCCCOC(=O)O.O=S1(=O)N(CCCNC2CCNCC2)c2ccccc2N1c1ccccc1F. The first kappa shape index (κ1) is 27.7. The fourth-order valence-electron chi connectivity index (χ4n) is 4.16. The largest absolute Gasteiger partial charge is 0.505 e. The second-order valence-corrected chi connectivity index (χ2v) is 10.3. The number of fused-ring (bicyclic) bond motifs is 1. The van der Waals surface area contributed by atoms with E-state index in [0.29, 0.717) is 37.0 Å². The van der Waals surface area contributed by atoms with E-state index < -0.39 is 22.2 Å². The van der Waals surface area contributed by atoms with Crippen molar-refractivity contribution in [2.75, 3.05) is 41.4 Å². The van der Waals surface area contributed by atoms with Gasteiger partial charge < -0.3 is 20.5 Å². The Morgan fingerprint density at radius 3 is 2.36 bits per heavy atom. The van der Waals surface area contributed by atoms with Gasteiger partial charge in [0.15, 0.2) is 0 Å². The molecular formula is C25H35FN4O5S. The van der Waals surface area contributed by atoms with Gasteiger partial charge in [-0.15, -0.1) is 0 Å². The number of unbranched alkanes of at least 4 members (excludes halogenated alkanes) is 1. The van der Waals surface area contributed by atoms with Crippen LogP contribution in [-0.2, 0) is 14.9 Å². The van der Waals surface area contributed by atoms with Crippen molar-refractivity contribution in [3.63, 3.8) is 0 Å². The van der Waals surface area contributed by atoms with Gasteiger partial charge >= 0.3 is 16.4 Å². The molecule has 0 aliphatic carbocycles. The minimum Gasteiger partial charge on any atom is -0.450 e. The molecule has 2 aliphatic rings. The fourth-order valence-corrected chi connectivity index (χ4v) is 5.92. The Kier molecular flexibility index (Phi) is 10.3. The van der Waals surface area contributed by atoms with Crippen LogP contribution < -0.4 is 19.2 Å². The summed E-state index contributed by atoms with van der Waals surface area (Å²) in [5, 5.41) is 14.8. The number of para-hydroxylation sites is 3. The number of piperidine rings is 1. The third kappa shape index (κ3) is 7.08. The molecule has 198 valence electrons. The molecule has 0 bridgehead atoms. The van der Waals surface area contributed by atoms with Crippen LogP contribution in [0.1, 0.15) is 39.0 Å². The van der Waals surface area contributed by atoms with Gasteiger partial charge in [0.1, 0.15) is 5.82 Å². The van der Waals surface area contributed by atoms with Crippen LogP contribution in [-0.4, -0.2) is 58.5 Å². The lowest BCUT2D eigenvalue weighted by atomic mass is 10.1. The van der Waals surface area contributed by atoms with Crippen LogP contribution in [0.25, 0.3) is 0 Å². The molecule has 4 rings (SSSR count). The Morgan fingerprint density at radius 1 is 1.08 bits per heavy atom. The fraction of sp³-hybridized carbons (Fsp3) is 0.480. The van der Waals surface area contributed by atoms with Crippen molar-refractivity contribution < 1.29 is 27.4 Å². The lowest BCUT2D eigenvalue weighted by Crippen LogP contribution is -2.41. The molecule has 0 aromatic heterocycles. The second-order valence-electron chi connectivity index (χ2n) is 8.58. The molecule has 11 heteroatoms. The Balaban J connectivity index is 0.000000392. The molecule has 1 saturated heterocycles. The topological polar surface area (TPSA) is 111 Å². The van der Waals surface area contributed by atoms with Crippen molar-refractivity contribution >= 4 is 33.4 Å². The lowest BCUT2D eigenvalue weighted by Gasteiger charge is -2.25. The number of anilines is 3. The van der Waals surface area contributed by atoms with Crippen LogP contribution in [0.15, 0.2) is 48.5 Å². The predicted octanol–water partition coefficient (Wildman–Crippen LogP) is 4.24. The first-order valence-corrected chi connectivity index (χ1v) is 13.7. The molecule has 0 amide bonds. The van der Waals surface area contributed by atoms with Gasteiger partial charge in [-0.2, -0.15) is 8.42 Å². The summed E-state index contributed by atoms with van der Waals surface area (Å²) in [7, 11) is -3.88. The van der Waals surface area contributed by atoms with Crippen molar-refractivity contribution in [2.45, 2.75) is 45.1 Å². The molecule has 2 aliphatic heterocycles. The van der Waals surface area contributed by atoms with E-state index in [2.05, 4.69) is 15.4 Å².